The summed E-state index contributed by atoms with van der Waals surface area (Å²) in [5.74, 6) is 1.38. The number of ether oxygens (including phenoxy) is 1. The van der Waals surface area contributed by atoms with Gasteiger partial charge in [0, 0.05) is 19.1 Å². The fourth-order valence-electron chi connectivity index (χ4n) is 2.14. The zero-order valence-electron chi connectivity index (χ0n) is 12.6. The van der Waals surface area contributed by atoms with E-state index in [4.69, 9.17) is 9.26 Å². The highest BCUT2D eigenvalue weighted by Crippen LogP contribution is 2.20. The molecule has 1 aromatic heterocycles. The van der Waals surface area contributed by atoms with Crippen LogP contribution in [0.3, 0.4) is 0 Å². The molecule has 0 aliphatic carbocycles. The number of hydrogen-bond donors (Lipinski definition) is 1. The molecular weight excluding hydrogens is 242 g/mol. The molecule has 0 saturated carbocycles. The molecule has 2 atom stereocenters. The molecule has 0 spiro atoms. The van der Waals surface area contributed by atoms with Crippen molar-refractivity contribution in [1.82, 2.24) is 15.5 Å². The van der Waals surface area contributed by atoms with Crippen molar-refractivity contribution in [2.75, 3.05) is 13.7 Å². The number of rotatable bonds is 10. The SMILES string of the molecule is CCCC(Cc1nc(C(CCC)OCC)no1)NC. The minimum atomic E-state index is -0.0355. The summed E-state index contributed by atoms with van der Waals surface area (Å²) in [6.07, 6.45) is 4.97. The lowest BCUT2D eigenvalue weighted by Gasteiger charge is -2.12. The molecule has 0 saturated heterocycles. The lowest BCUT2D eigenvalue weighted by Crippen LogP contribution is -2.27. The monoisotopic (exact) mass is 269 g/mol. The van der Waals surface area contributed by atoms with E-state index in [1.165, 1.54) is 0 Å². The average Bonchev–Trinajstić information content (AvgIpc) is 2.86. The zero-order chi connectivity index (χ0) is 14.1. The fourth-order valence-corrected chi connectivity index (χ4v) is 2.14. The molecule has 2 unspecified atom stereocenters. The maximum atomic E-state index is 5.66. The Bertz CT molecular complexity index is 335. The topological polar surface area (TPSA) is 60.2 Å². The van der Waals surface area contributed by atoms with Gasteiger partial charge in [-0.1, -0.05) is 31.8 Å². The predicted octanol–water partition coefficient (Wildman–Crippen LogP) is 2.88. The quantitative estimate of drug-likeness (QED) is 0.707. The maximum absolute atomic E-state index is 5.66. The van der Waals surface area contributed by atoms with E-state index in [2.05, 4.69) is 29.3 Å². The molecule has 0 aliphatic rings. The molecule has 5 heteroatoms. The van der Waals surface area contributed by atoms with Gasteiger partial charge in [-0.2, -0.15) is 4.98 Å². The molecule has 0 aromatic carbocycles. The second kappa shape index (κ2) is 9.04. The fraction of sp³-hybridized carbons (Fsp3) is 0.857. The minimum Gasteiger partial charge on any atom is -0.370 e. The third kappa shape index (κ3) is 5.28. The zero-order valence-corrected chi connectivity index (χ0v) is 12.6. The number of nitrogens with zero attached hydrogens (tertiary/aromatic N) is 2. The number of hydrogen-bond acceptors (Lipinski definition) is 5. The van der Waals surface area contributed by atoms with Crippen LogP contribution in [-0.2, 0) is 11.2 Å². The first-order valence-electron chi connectivity index (χ1n) is 7.36. The van der Waals surface area contributed by atoms with Crippen molar-refractivity contribution in [2.24, 2.45) is 0 Å². The molecule has 110 valence electrons. The molecule has 19 heavy (non-hydrogen) atoms. The van der Waals surface area contributed by atoms with Gasteiger partial charge in [-0.05, 0) is 26.8 Å². The highest BCUT2D eigenvalue weighted by molar-refractivity contribution is 4.93. The molecule has 1 rings (SSSR count). The lowest BCUT2D eigenvalue weighted by atomic mass is 10.1. The van der Waals surface area contributed by atoms with Crippen molar-refractivity contribution in [2.45, 2.75) is 65.0 Å². The van der Waals surface area contributed by atoms with Crippen LogP contribution in [0, 0.1) is 0 Å². The molecule has 0 aliphatic heterocycles. The van der Waals surface area contributed by atoms with Crippen LogP contribution in [0.15, 0.2) is 4.52 Å². The van der Waals surface area contributed by atoms with Gasteiger partial charge in [-0.3, -0.25) is 0 Å². The Labute approximate surface area is 116 Å². The number of likely N-dealkylation sites (N-methyl/N-ethyl adjacent to an activating group) is 1. The van der Waals surface area contributed by atoms with Crippen molar-refractivity contribution >= 4 is 0 Å². The highest BCUT2D eigenvalue weighted by Gasteiger charge is 2.19. The van der Waals surface area contributed by atoms with Crippen molar-refractivity contribution in [3.63, 3.8) is 0 Å². The van der Waals surface area contributed by atoms with Crippen LogP contribution in [0.25, 0.3) is 0 Å². The summed E-state index contributed by atoms with van der Waals surface area (Å²) in [6.45, 7) is 6.96. The van der Waals surface area contributed by atoms with E-state index in [9.17, 15) is 0 Å². The van der Waals surface area contributed by atoms with Gasteiger partial charge in [-0.15, -0.1) is 0 Å². The maximum Gasteiger partial charge on any atom is 0.228 e. The van der Waals surface area contributed by atoms with E-state index in [0.717, 1.165) is 32.1 Å². The summed E-state index contributed by atoms with van der Waals surface area (Å²) >= 11 is 0. The molecule has 0 radical (unpaired) electrons. The Kier molecular flexibility index (Phi) is 7.67. The van der Waals surface area contributed by atoms with Gasteiger partial charge in [0.1, 0.15) is 6.10 Å². The first-order chi connectivity index (χ1) is 9.24. The van der Waals surface area contributed by atoms with E-state index < -0.39 is 0 Å². The summed E-state index contributed by atoms with van der Waals surface area (Å²) in [7, 11) is 1.97. The summed E-state index contributed by atoms with van der Waals surface area (Å²) in [6, 6.07) is 0.398. The van der Waals surface area contributed by atoms with E-state index >= 15 is 0 Å². The summed E-state index contributed by atoms with van der Waals surface area (Å²) in [5, 5.41) is 7.34. The van der Waals surface area contributed by atoms with E-state index in [1.807, 2.05) is 14.0 Å². The second-order valence-electron chi connectivity index (χ2n) is 4.76. The largest absolute Gasteiger partial charge is 0.370 e. The van der Waals surface area contributed by atoms with Crippen molar-refractivity contribution < 1.29 is 9.26 Å². The van der Waals surface area contributed by atoms with Crippen LogP contribution in [-0.4, -0.2) is 29.8 Å². The number of aromatic nitrogens is 2. The van der Waals surface area contributed by atoms with Gasteiger partial charge >= 0.3 is 0 Å². The standard InChI is InChI=1S/C14H27N3O2/c1-5-8-11(15-4)10-13-16-14(17-19-13)12(9-6-2)18-7-3/h11-12,15H,5-10H2,1-4H3. The van der Waals surface area contributed by atoms with Gasteiger partial charge in [0.2, 0.25) is 11.7 Å². The van der Waals surface area contributed by atoms with Gasteiger partial charge in [0.25, 0.3) is 0 Å². The number of nitrogens with one attached hydrogen (secondary N) is 1. The molecule has 1 heterocycles. The summed E-state index contributed by atoms with van der Waals surface area (Å²) in [5.41, 5.74) is 0. The Balaban J connectivity index is 2.63. The van der Waals surface area contributed by atoms with Gasteiger partial charge in [0.15, 0.2) is 0 Å². The third-order valence-corrected chi connectivity index (χ3v) is 3.16. The van der Waals surface area contributed by atoms with E-state index in [0.29, 0.717) is 24.4 Å². The Morgan fingerprint density at radius 3 is 2.53 bits per heavy atom. The Hall–Kier alpha value is -0.940. The van der Waals surface area contributed by atoms with Gasteiger partial charge in [-0.25, -0.2) is 0 Å². The van der Waals surface area contributed by atoms with E-state index in [1.54, 1.807) is 0 Å². The average molecular weight is 269 g/mol. The van der Waals surface area contributed by atoms with Gasteiger partial charge < -0.3 is 14.6 Å². The van der Waals surface area contributed by atoms with Gasteiger partial charge in [0.05, 0.1) is 0 Å². The molecule has 1 aromatic rings. The van der Waals surface area contributed by atoms with Crippen LogP contribution in [0.1, 0.15) is 64.3 Å². The Morgan fingerprint density at radius 1 is 1.21 bits per heavy atom. The van der Waals surface area contributed by atoms with Crippen LogP contribution >= 0.6 is 0 Å². The molecular formula is C14H27N3O2. The Morgan fingerprint density at radius 2 is 1.95 bits per heavy atom. The highest BCUT2D eigenvalue weighted by atomic mass is 16.5. The lowest BCUT2D eigenvalue weighted by molar-refractivity contribution is 0.0477. The first kappa shape index (κ1) is 16.1. The van der Waals surface area contributed by atoms with Crippen molar-refractivity contribution in [3.05, 3.63) is 11.7 Å². The normalized spacial score (nSPS) is 14.5. The van der Waals surface area contributed by atoms with E-state index in [-0.39, 0.29) is 6.10 Å². The van der Waals surface area contributed by atoms with Crippen molar-refractivity contribution in [3.8, 4) is 0 Å². The molecule has 0 fully saturated rings. The molecule has 5 nitrogen and oxygen atoms in total. The van der Waals surface area contributed by atoms with Crippen molar-refractivity contribution in [1.29, 1.82) is 0 Å². The molecule has 0 amide bonds. The molecule has 1 N–H and O–H groups in total. The second-order valence-corrected chi connectivity index (χ2v) is 4.76. The van der Waals surface area contributed by atoms with Crippen LogP contribution in [0.4, 0.5) is 0 Å². The third-order valence-electron chi connectivity index (χ3n) is 3.16. The molecule has 0 bridgehead atoms. The predicted molar refractivity (Wildman–Crippen MR) is 75.0 cm³/mol. The summed E-state index contributed by atoms with van der Waals surface area (Å²) < 4.78 is 11.0. The van der Waals surface area contributed by atoms with Crippen LogP contribution in [0.2, 0.25) is 0 Å². The van der Waals surface area contributed by atoms with Crippen LogP contribution < -0.4 is 5.32 Å². The van der Waals surface area contributed by atoms with Crippen LogP contribution in [0.5, 0.6) is 0 Å². The first-order valence-corrected chi connectivity index (χ1v) is 7.36. The summed E-state index contributed by atoms with van der Waals surface area (Å²) in [4.78, 5) is 4.48. The minimum absolute atomic E-state index is 0.0355. The smallest absolute Gasteiger partial charge is 0.228 e.